The highest BCUT2D eigenvalue weighted by molar-refractivity contribution is 5.11. The van der Waals surface area contributed by atoms with Gasteiger partial charge in [-0.1, -0.05) is 13.8 Å². The molecule has 1 heterocycles. The minimum Gasteiger partial charge on any atom is -0.393 e. The van der Waals surface area contributed by atoms with Crippen LogP contribution in [-0.2, 0) is 9.47 Å². The number of rotatable bonds is 1. The van der Waals surface area contributed by atoms with Crippen LogP contribution < -0.4 is 0 Å². The average Bonchev–Trinajstić information content (AvgIpc) is 3.19. The van der Waals surface area contributed by atoms with Crippen molar-refractivity contribution in [2.45, 2.75) is 90.4 Å². The molecule has 5 fully saturated rings. The third-order valence-electron chi connectivity index (χ3n) is 10.1. The lowest BCUT2D eigenvalue weighted by Crippen LogP contribution is -2.55. The van der Waals surface area contributed by atoms with E-state index in [1.807, 2.05) is 0 Å². The first-order valence-electron chi connectivity index (χ1n) is 11.3. The van der Waals surface area contributed by atoms with E-state index in [1.54, 1.807) is 0 Å². The van der Waals surface area contributed by atoms with Gasteiger partial charge in [0.15, 0.2) is 5.79 Å². The normalized spacial score (nSPS) is 55.8. The molecule has 0 amide bonds. The van der Waals surface area contributed by atoms with Crippen molar-refractivity contribution >= 4 is 0 Å². The topological polar surface area (TPSA) is 38.7 Å². The number of hydrogen-bond donors (Lipinski definition) is 1. The molecule has 1 saturated heterocycles. The van der Waals surface area contributed by atoms with Gasteiger partial charge in [-0.3, -0.25) is 0 Å². The number of aliphatic hydroxyl groups is 1. The van der Waals surface area contributed by atoms with E-state index >= 15 is 0 Å². The zero-order valence-electron chi connectivity index (χ0n) is 17.0. The summed E-state index contributed by atoms with van der Waals surface area (Å²) < 4.78 is 12.3. The maximum atomic E-state index is 10.2. The van der Waals surface area contributed by atoms with E-state index in [1.165, 1.54) is 44.9 Å². The molecule has 8 atom stereocenters. The highest BCUT2D eigenvalue weighted by Crippen LogP contribution is 2.69. The van der Waals surface area contributed by atoms with Gasteiger partial charge < -0.3 is 14.6 Å². The van der Waals surface area contributed by atoms with Crippen LogP contribution >= 0.6 is 0 Å². The molecular formula is C23H38O3. The molecule has 4 aliphatic carbocycles. The van der Waals surface area contributed by atoms with Gasteiger partial charge in [-0.05, 0) is 99.2 Å². The van der Waals surface area contributed by atoms with Crippen molar-refractivity contribution in [2.75, 3.05) is 13.2 Å². The Labute approximate surface area is 159 Å². The number of aliphatic hydroxyl groups excluding tert-OH is 1. The Hall–Kier alpha value is -0.120. The van der Waals surface area contributed by atoms with Gasteiger partial charge in [-0.15, -0.1) is 0 Å². The summed E-state index contributed by atoms with van der Waals surface area (Å²) in [6.45, 7) is 8.90. The first-order valence-corrected chi connectivity index (χ1v) is 11.3. The second kappa shape index (κ2) is 5.94. The predicted octanol–water partition coefficient (Wildman–Crippen LogP) is 4.77. The zero-order valence-corrected chi connectivity index (χ0v) is 17.0. The smallest absolute Gasteiger partial charge is 0.169 e. The van der Waals surface area contributed by atoms with Gasteiger partial charge in [0.05, 0.1) is 19.3 Å². The molecule has 1 N–H and O–H groups in total. The highest BCUT2D eigenvalue weighted by atomic mass is 16.7. The summed E-state index contributed by atoms with van der Waals surface area (Å²) in [6.07, 6.45) is 11.4. The molecular weight excluding hydrogens is 324 g/mol. The second-order valence-corrected chi connectivity index (χ2v) is 11.0. The van der Waals surface area contributed by atoms with Gasteiger partial charge in [0, 0.05) is 5.92 Å². The van der Waals surface area contributed by atoms with Crippen molar-refractivity contribution in [3.8, 4) is 0 Å². The van der Waals surface area contributed by atoms with Crippen LogP contribution in [0.4, 0.5) is 0 Å². The van der Waals surface area contributed by atoms with Gasteiger partial charge in [-0.25, -0.2) is 0 Å². The van der Waals surface area contributed by atoms with E-state index in [0.29, 0.717) is 16.7 Å². The summed E-state index contributed by atoms with van der Waals surface area (Å²) in [6, 6.07) is 0. The van der Waals surface area contributed by atoms with E-state index in [2.05, 4.69) is 20.8 Å². The van der Waals surface area contributed by atoms with Gasteiger partial charge in [0.1, 0.15) is 0 Å². The lowest BCUT2D eigenvalue weighted by Gasteiger charge is -2.61. The minimum atomic E-state index is -0.341. The lowest BCUT2D eigenvalue weighted by atomic mass is 9.44. The van der Waals surface area contributed by atoms with Crippen LogP contribution in [0.1, 0.15) is 78.6 Å². The molecule has 0 aromatic rings. The molecule has 0 aromatic heterocycles. The monoisotopic (exact) mass is 362 g/mol. The maximum absolute atomic E-state index is 10.2. The summed E-state index contributed by atoms with van der Waals surface area (Å²) in [5, 5.41) is 10.2. The van der Waals surface area contributed by atoms with Crippen LogP contribution in [0.5, 0.6) is 0 Å². The molecule has 5 rings (SSSR count). The summed E-state index contributed by atoms with van der Waals surface area (Å²) >= 11 is 0. The Kier molecular flexibility index (Phi) is 4.10. The number of fused-ring (bicyclic) bond motifs is 5. The molecule has 7 unspecified atom stereocenters. The van der Waals surface area contributed by atoms with Crippen LogP contribution in [0.3, 0.4) is 0 Å². The fourth-order valence-electron chi connectivity index (χ4n) is 8.83. The Morgan fingerprint density at radius 3 is 2.23 bits per heavy atom. The molecule has 0 bridgehead atoms. The summed E-state index contributed by atoms with van der Waals surface area (Å²) in [5.74, 6) is 3.59. The summed E-state index contributed by atoms with van der Waals surface area (Å²) in [5.41, 5.74) is 0.865. The van der Waals surface area contributed by atoms with Gasteiger partial charge in [-0.2, -0.15) is 0 Å². The van der Waals surface area contributed by atoms with Crippen molar-refractivity contribution in [2.24, 2.45) is 40.4 Å². The quantitative estimate of drug-likeness (QED) is 0.730. The van der Waals surface area contributed by atoms with E-state index in [-0.39, 0.29) is 11.9 Å². The summed E-state index contributed by atoms with van der Waals surface area (Å²) in [7, 11) is 0. The lowest BCUT2D eigenvalue weighted by molar-refractivity contribution is -0.218. The largest absolute Gasteiger partial charge is 0.393 e. The Morgan fingerprint density at radius 1 is 0.769 bits per heavy atom. The molecule has 0 aromatic carbocycles. The maximum Gasteiger partial charge on any atom is 0.169 e. The molecule has 148 valence electrons. The van der Waals surface area contributed by atoms with E-state index in [0.717, 1.165) is 49.7 Å². The van der Waals surface area contributed by atoms with Crippen molar-refractivity contribution in [3.63, 3.8) is 0 Å². The molecule has 0 radical (unpaired) electrons. The first-order chi connectivity index (χ1) is 12.4. The Balaban J connectivity index is 1.41. The van der Waals surface area contributed by atoms with Gasteiger partial charge in [0.25, 0.3) is 0 Å². The molecule has 0 spiro atoms. The second-order valence-electron chi connectivity index (χ2n) is 11.0. The minimum absolute atomic E-state index is 0.0362. The van der Waals surface area contributed by atoms with Crippen LogP contribution in [0, 0.1) is 40.4 Å². The molecule has 3 heteroatoms. The van der Waals surface area contributed by atoms with Crippen LogP contribution in [0.15, 0.2) is 0 Å². The third kappa shape index (κ3) is 2.35. The van der Waals surface area contributed by atoms with Crippen LogP contribution in [0.25, 0.3) is 0 Å². The third-order valence-corrected chi connectivity index (χ3v) is 10.1. The molecule has 4 saturated carbocycles. The Bertz CT molecular complexity index is 556. The summed E-state index contributed by atoms with van der Waals surface area (Å²) in [4.78, 5) is 0. The standard InChI is InChI=1S/C23H38O3/c1-21-10-8-16(24)14-15(21)4-5-17-18-6-7-20(23(3)25-12-13-26-23)22(18,2)11-9-19(17)21/h15-20,24H,4-14H2,1-3H3/t15-,16?,17?,18?,19?,20?,21?,22?/m0/s1. The first kappa shape index (κ1) is 17.9. The number of ether oxygens (including phenoxy) is 2. The van der Waals surface area contributed by atoms with E-state index in [4.69, 9.17) is 9.47 Å². The molecule has 3 nitrogen and oxygen atoms in total. The van der Waals surface area contributed by atoms with Gasteiger partial charge >= 0.3 is 0 Å². The van der Waals surface area contributed by atoms with E-state index in [9.17, 15) is 5.11 Å². The fraction of sp³-hybridized carbons (Fsp3) is 1.00. The predicted molar refractivity (Wildman–Crippen MR) is 102 cm³/mol. The fourth-order valence-corrected chi connectivity index (χ4v) is 8.83. The highest BCUT2D eigenvalue weighted by Gasteiger charge is 2.63. The number of hydrogen-bond acceptors (Lipinski definition) is 3. The van der Waals surface area contributed by atoms with Crippen molar-refractivity contribution in [3.05, 3.63) is 0 Å². The van der Waals surface area contributed by atoms with Crippen molar-refractivity contribution < 1.29 is 14.6 Å². The van der Waals surface area contributed by atoms with Crippen molar-refractivity contribution in [1.82, 2.24) is 0 Å². The van der Waals surface area contributed by atoms with Crippen LogP contribution in [-0.4, -0.2) is 30.2 Å². The van der Waals surface area contributed by atoms with Gasteiger partial charge in [0.2, 0.25) is 0 Å². The molecule has 5 aliphatic rings. The van der Waals surface area contributed by atoms with E-state index < -0.39 is 0 Å². The van der Waals surface area contributed by atoms with Crippen LogP contribution in [0.2, 0.25) is 0 Å². The zero-order chi connectivity index (χ0) is 18.2. The average molecular weight is 363 g/mol. The molecule has 1 aliphatic heterocycles. The van der Waals surface area contributed by atoms with Crippen molar-refractivity contribution in [1.29, 1.82) is 0 Å². The SMILES string of the molecule is CC1(C2CCC3C4CC[C@H]5CC(O)CCC5(C)C4CCC32C)OCCO1. The molecule has 26 heavy (non-hydrogen) atoms. The Morgan fingerprint density at radius 2 is 1.46 bits per heavy atom.